The summed E-state index contributed by atoms with van der Waals surface area (Å²) in [6, 6.07) is 4.32. The molecular formula is C15H23NO2S. The summed E-state index contributed by atoms with van der Waals surface area (Å²) in [6.07, 6.45) is 4.78. The van der Waals surface area contributed by atoms with Crippen LogP contribution in [-0.2, 0) is 11.2 Å². The van der Waals surface area contributed by atoms with Crippen molar-refractivity contribution < 1.29 is 9.90 Å². The third-order valence-electron chi connectivity index (χ3n) is 4.15. The molecule has 1 amide bonds. The molecule has 106 valence electrons. The minimum Gasteiger partial charge on any atom is -0.389 e. The third-order valence-corrected chi connectivity index (χ3v) is 5.04. The van der Waals surface area contributed by atoms with Crippen LogP contribution in [0.3, 0.4) is 0 Å². The van der Waals surface area contributed by atoms with Crippen LogP contribution in [0.2, 0.25) is 0 Å². The molecule has 1 aromatic heterocycles. The van der Waals surface area contributed by atoms with Crippen LogP contribution in [0.1, 0.15) is 43.9 Å². The maximum absolute atomic E-state index is 12.2. The molecule has 19 heavy (non-hydrogen) atoms. The summed E-state index contributed by atoms with van der Waals surface area (Å²) >= 11 is 1.73. The summed E-state index contributed by atoms with van der Waals surface area (Å²) in [5.41, 5.74) is -0.742. The van der Waals surface area contributed by atoms with E-state index in [4.69, 9.17) is 0 Å². The van der Waals surface area contributed by atoms with Crippen molar-refractivity contribution >= 4 is 17.2 Å². The van der Waals surface area contributed by atoms with Gasteiger partial charge in [0.1, 0.15) is 0 Å². The highest BCUT2D eigenvalue weighted by Crippen LogP contribution is 2.32. The molecule has 1 N–H and O–H groups in total. The van der Waals surface area contributed by atoms with Crippen LogP contribution in [0.25, 0.3) is 0 Å². The molecule has 0 spiro atoms. The van der Waals surface area contributed by atoms with Gasteiger partial charge in [-0.15, -0.1) is 11.3 Å². The van der Waals surface area contributed by atoms with Crippen molar-refractivity contribution in [3.63, 3.8) is 0 Å². The molecule has 1 atom stereocenters. The minimum absolute atomic E-state index is 0.0634. The van der Waals surface area contributed by atoms with Gasteiger partial charge in [0.25, 0.3) is 0 Å². The Morgan fingerprint density at radius 3 is 2.79 bits per heavy atom. The zero-order valence-corrected chi connectivity index (χ0v) is 12.6. The summed E-state index contributed by atoms with van der Waals surface area (Å²) < 4.78 is 0. The van der Waals surface area contributed by atoms with Gasteiger partial charge >= 0.3 is 0 Å². The largest absolute Gasteiger partial charge is 0.389 e. The molecule has 1 heterocycles. The van der Waals surface area contributed by atoms with Gasteiger partial charge in [-0.3, -0.25) is 4.79 Å². The second kappa shape index (κ2) is 6.06. The Morgan fingerprint density at radius 1 is 1.53 bits per heavy atom. The monoisotopic (exact) mass is 281 g/mol. The molecule has 0 radical (unpaired) electrons. The quantitative estimate of drug-likeness (QED) is 0.901. The van der Waals surface area contributed by atoms with E-state index in [9.17, 15) is 9.90 Å². The number of aliphatic hydroxyl groups is 1. The molecule has 0 aromatic carbocycles. The highest BCUT2D eigenvalue weighted by molar-refractivity contribution is 7.09. The van der Waals surface area contributed by atoms with Crippen LogP contribution in [-0.4, -0.2) is 34.6 Å². The van der Waals surface area contributed by atoms with Crippen molar-refractivity contribution in [2.24, 2.45) is 0 Å². The summed E-state index contributed by atoms with van der Waals surface area (Å²) in [4.78, 5) is 15.3. The topological polar surface area (TPSA) is 40.5 Å². The van der Waals surface area contributed by atoms with Gasteiger partial charge in [-0.05, 0) is 31.2 Å². The average molecular weight is 281 g/mol. The molecule has 1 aliphatic carbocycles. The normalized spacial score (nSPS) is 19.3. The number of hydrogen-bond acceptors (Lipinski definition) is 3. The van der Waals surface area contributed by atoms with E-state index in [2.05, 4.69) is 18.4 Å². The number of rotatable bonds is 5. The molecule has 1 saturated carbocycles. The van der Waals surface area contributed by atoms with Crippen molar-refractivity contribution in [3.05, 3.63) is 22.4 Å². The predicted molar refractivity (Wildman–Crippen MR) is 78.3 cm³/mol. The van der Waals surface area contributed by atoms with Crippen LogP contribution >= 0.6 is 11.3 Å². The fraction of sp³-hybridized carbons (Fsp3) is 0.667. The first-order valence-corrected chi connectivity index (χ1v) is 7.88. The van der Waals surface area contributed by atoms with Crippen molar-refractivity contribution in [2.45, 2.75) is 57.1 Å². The highest BCUT2D eigenvalue weighted by Gasteiger charge is 2.34. The van der Waals surface area contributed by atoms with Crippen LogP contribution in [0.5, 0.6) is 0 Å². The lowest BCUT2D eigenvalue weighted by Crippen LogP contribution is -2.41. The summed E-state index contributed by atoms with van der Waals surface area (Å²) in [7, 11) is 1.85. The van der Waals surface area contributed by atoms with Crippen molar-refractivity contribution in [2.75, 3.05) is 7.05 Å². The van der Waals surface area contributed by atoms with Gasteiger partial charge in [0, 0.05) is 24.4 Å². The van der Waals surface area contributed by atoms with Crippen molar-refractivity contribution in [1.29, 1.82) is 0 Å². The summed E-state index contributed by atoms with van der Waals surface area (Å²) in [6.45, 7) is 2.07. The number of thiophene rings is 1. The van der Waals surface area contributed by atoms with Crippen molar-refractivity contribution in [3.8, 4) is 0 Å². The van der Waals surface area contributed by atoms with E-state index in [1.807, 2.05) is 13.1 Å². The van der Waals surface area contributed by atoms with E-state index in [0.717, 1.165) is 32.1 Å². The molecular weight excluding hydrogens is 258 g/mol. The van der Waals surface area contributed by atoms with Gasteiger partial charge in [0.2, 0.25) is 5.91 Å². The van der Waals surface area contributed by atoms with Gasteiger partial charge in [-0.25, -0.2) is 0 Å². The molecule has 4 heteroatoms. The zero-order chi connectivity index (χ0) is 13.9. The Kier molecular flexibility index (Phi) is 4.63. The highest BCUT2D eigenvalue weighted by atomic mass is 32.1. The molecule has 1 aliphatic rings. The number of likely N-dealkylation sites (N-methyl/N-ethyl adjacent to an activating group) is 1. The van der Waals surface area contributed by atoms with Gasteiger partial charge < -0.3 is 10.0 Å². The standard InChI is InChI=1S/C15H23NO2S/c1-12(10-13-6-5-9-19-13)16(2)14(17)11-15(18)7-3-4-8-15/h5-6,9,12,18H,3-4,7-8,10-11H2,1-2H3. The van der Waals surface area contributed by atoms with E-state index in [-0.39, 0.29) is 18.4 Å². The number of amides is 1. The molecule has 1 aromatic rings. The van der Waals surface area contributed by atoms with Crippen LogP contribution < -0.4 is 0 Å². The Labute approximate surface area is 119 Å². The number of carbonyl (C=O) groups is 1. The fourth-order valence-electron chi connectivity index (χ4n) is 2.72. The second-order valence-electron chi connectivity index (χ2n) is 5.75. The Hall–Kier alpha value is -0.870. The molecule has 3 nitrogen and oxygen atoms in total. The van der Waals surface area contributed by atoms with E-state index in [0.29, 0.717) is 0 Å². The summed E-state index contributed by atoms with van der Waals surface area (Å²) in [5, 5.41) is 12.4. The van der Waals surface area contributed by atoms with Crippen LogP contribution in [0.4, 0.5) is 0 Å². The predicted octanol–water partition coefficient (Wildman–Crippen LogP) is 2.83. The molecule has 1 fully saturated rings. The van der Waals surface area contributed by atoms with E-state index >= 15 is 0 Å². The van der Waals surface area contributed by atoms with Crippen molar-refractivity contribution in [1.82, 2.24) is 4.90 Å². The Balaban J connectivity index is 1.87. The number of nitrogens with zero attached hydrogens (tertiary/aromatic N) is 1. The van der Waals surface area contributed by atoms with Gasteiger partial charge in [0.05, 0.1) is 12.0 Å². The van der Waals surface area contributed by atoms with Gasteiger partial charge in [-0.1, -0.05) is 18.9 Å². The Bertz CT molecular complexity index is 410. The number of hydrogen-bond donors (Lipinski definition) is 1. The zero-order valence-electron chi connectivity index (χ0n) is 11.8. The van der Waals surface area contributed by atoms with Crippen LogP contribution in [0, 0.1) is 0 Å². The molecule has 2 rings (SSSR count). The van der Waals surface area contributed by atoms with Gasteiger partial charge in [-0.2, -0.15) is 0 Å². The van der Waals surface area contributed by atoms with E-state index < -0.39 is 5.60 Å². The van der Waals surface area contributed by atoms with Gasteiger partial charge in [0.15, 0.2) is 0 Å². The summed E-state index contributed by atoms with van der Waals surface area (Å²) in [5.74, 6) is 0.0634. The first-order chi connectivity index (χ1) is 9.00. The second-order valence-corrected chi connectivity index (χ2v) is 6.78. The third kappa shape index (κ3) is 3.80. The SMILES string of the molecule is CC(Cc1cccs1)N(C)C(=O)CC1(O)CCCC1. The lowest BCUT2D eigenvalue weighted by Gasteiger charge is -2.29. The lowest BCUT2D eigenvalue weighted by atomic mass is 9.97. The maximum atomic E-state index is 12.2. The lowest BCUT2D eigenvalue weighted by molar-refractivity contribution is -0.136. The molecule has 0 saturated heterocycles. The fourth-order valence-corrected chi connectivity index (χ4v) is 3.55. The first-order valence-electron chi connectivity index (χ1n) is 7.01. The Morgan fingerprint density at radius 2 is 2.21 bits per heavy atom. The molecule has 0 bridgehead atoms. The average Bonchev–Trinajstić information content (AvgIpc) is 3.00. The first kappa shape index (κ1) is 14.5. The molecule has 1 unspecified atom stereocenters. The van der Waals surface area contributed by atoms with Crippen LogP contribution in [0.15, 0.2) is 17.5 Å². The van der Waals surface area contributed by atoms with E-state index in [1.54, 1.807) is 16.2 Å². The maximum Gasteiger partial charge on any atom is 0.225 e. The van der Waals surface area contributed by atoms with E-state index in [1.165, 1.54) is 4.88 Å². The molecule has 0 aliphatic heterocycles. The smallest absolute Gasteiger partial charge is 0.225 e. The number of carbonyl (C=O) groups excluding carboxylic acids is 1. The minimum atomic E-state index is -0.742.